The molecule has 0 fully saturated rings. The zero-order chi connectivity index (χ0) is 15.8. The van der Waals surface area contributed by atoms with Crippen molar-refractivity contribution in [3.05, 3.63) is 33.9 Å². The van der Waals surface area contributed by atoms with E-state index in [1.165, 1.54) is 12.1 Å². The lowest BCUT2D eigenvalue weighted by atomic mass is 9.96. The van der Waals surface area contributed by atoms with Gasteiger partial charge in [-0.1, -0.05) is 19.4 Å². The number of benzene rings is 1. The van der Waals surface area contributed by atoms with Crippen LogP contribution in [0.15, 0.2) is 18.2 Å². The molecule has 1 unspecified atom stereocenters. The van der Waals surface area contributed by atoms with Gasteiger partial charge in [0.25, 0.3) is 5.69 Å². The molecule has 6 nitrogen and oxygen atoms in total. The van der Waals surface area contributed by atoms with Gasteiger partial charge in [0.2, 0.25) is 5.91 Å². The summed E-state index contributed by atoms with van der Waals surface area (Å²) in [5.74, 6) is 0.334. The van der Waals surface area contributed by atoms with E-state index < -0.39 is 4.92 Å². The molecule has 0 saturated carbocycles. The number of nitro groups is 1. The van der Waals surface area contributed by atoms with Crippen LogP contribution in [0.3, 0.4) is 0 Å². The highest BCUT2D eigenvalue weighted by Gasteiger charge is 2.13. The molecule has 3 N–H and O–H groups in total. The highest BCUT2D eigenvalue weighted by atomic mass is 16.6. The minimum atomic E-state index is -0.469. The molecule has 0 spiro atoms. The minimum absolute atomic E-state index is 0.0227. The zero-order valence-electron chi connectivity index (χ0n) is 12.6. The predicted molar refractivity (Wildman–Crippen MR) is 83.1 cm³/mol. The lowest BCUT2D eigenvalue weighted by molar-refractivity contribution is -0.384. The van der Waals surface area contributed by atoms with Gasteiger partial charge in [-0.2, -0.15) is 0 Å². The number of nitrogens with two attached hydrogens (primary N) is 1. The van der Waals surface area contributed by atoms with Crippen LogP contribution in [0.5, 0.6) is 0 Å². The van der Waals surface area contributed by atoms with Gasteiger partial charge in [-0.25, -0.2) is 0 Å². The van der Waals surface area contributed by atoms with Gasteiger partial charge in [0.15, 0.2) is 0 Å². The molecule has 1 amide bonds. The summed E-state index contributed by atoms with van der Waals surface area (Å²) in [6.07, 6.45) is 3.11. The third-order valence-electron chi connectivity index (χ3n) is 3.64. The molecule has 0 radical (unpaired) electrons. The van der Waals surface area contributed by atoms with Gasteiger partial charge in [-0.15, -0.1) is 0 Å². The first-order valence-corrected chi connectivity index (χ1v) is 7.22. The van der Waals surface area contributed by atoms with Crippen LogP contribution in [0, 0.1) is 23.0 Å². The number of hydrogen-bond acceptors (Lipinski definition) is 4. The van der Waals surface area contributed by atoms with Gasteiger partial charge >= 0.3 is 0 Å². The summed E-state index contributed by atoms with van der Waals surface area (Å²) in [6.45, 7) is 4.52. The highest BCUT2D eigenvalue weighted by Crippen LogP contribution is 2.22. The summed E-state index contributed by atoms with van der Waals surface area (Å²) in [4.78, 5) is 22.2. The number of aryl methyl sites for hydroxylation is 1. The molecule has 1 aromatic carbocycles. The SMILES string of the molecule is CCC(CCN)CCC(=O)Nc1cc([N+](=O)[O-])ccc1C. The Labute approximate surface area is 124 Å². The van der Waals surface area contributed by atoms with Crippen molar-refractivity contribution in [2.45, 2.75) is 39.5 Å². The Balaban J connectivity index is 2.62. The fraction of sp³-hybridized carbons (Fsp3) is 0.533. The molecule has 0 aliphatic carbocycles. The maximum Gasteiger partial charge on any atom is 0.271 e. The number of amides is 1. The van der Waals surface area contributed by atoms with Crippen molar-refractivity contribution in [1.82, 2.24) is 0 Å². The number of non-ortho nitro benzene ring substituents is 1. The average molecular weight is 293 g/mol. The Hall–Kier alpha value is -1.95. The Bertz CT molecular complexity index is 503. The van der Waals surface area contributed by atoms with Crippen LogP contribution in [-0.4, -0.2) is 17.4 Å². The largest absolute Gasteiger partial charge is 0.330 e. The minimum Gasteiger partial charge on any atom is -0.330 e. The van der Waals surface area contributed by atoms with E-state index in [0.717, 1.165) is 24.8 Å². The van der Waals surface area contributed by atoms with Gasteiger partial charge < -0.3 is 11.1 Å². The standard InChI is InChI=1S/C15H23N3O3/c1-3-12(8-9-16)5-7-15(19)17-14-10-13(18(20)21)6-4-11(14)2/h4,6,10,12H,3,5,7-9,16H2,1-2H3,(H,17,19). The quantitative estimate of drug-likeness (QED) is 0.568. The zero-order valence-corrected chi connectivity index (χ0v) is 12.6. The van der Waals surface area contributed by atoms with Crippen molar-refractivity contribution < 1.29 is 9.72 Å². The normalized spacial score (nSPS) is 12.0. The number of anilines is 1. The lowest BCUT2D eigenvalue weighted by Crippen LogP contribution is -2.15. The molecule has 0 aliphatic rings. The topological polar surface area (TPSA) is 98.3 Å². The fourth-order valence-electron chi connectivity index (χ4n) is 2.19. The van der Waals surface area contributed by atoms with E-state index in [1.807, 2.05) is 6.92 Å². The van der Waals surface area contributed by atoms with Gasteiger partial charge in [-0.05, 0) is 37.8 Å². The van der Waals surface area contributed by atoms with Crippen molar-refractivity contribution in [3.8, 4) is 0 Å². The number of nitro benzene ring substituents is 1. The van der Waals surface area contributed by atoms with E-state index in [4.69, 9.17) is 5.73 Å². The molecule has 1 aromatic rings. The van der Waals surface area contributed by atoms with E-state index in [-0.39, 0.29) is 11.6 Å². The second-order valence-electron chi connectivity index (χ2n) is 5.19. The van der Waals surface area contributed by atoms with E-state index in [1.54, 1.807) is 6.07 Å². The summed E-state index contributed by atoms with van der Waals surface area (Å²) >= 11 is 0. The van der Waals surface area contributed by atoms with Gasteiger partial charge in [0, 0.05) is 18.6 Å². The van der Waals surface area contributed by atoms with Crippen molar-refractivity contribution in [3.63, 3.8) is 0 Å². The van der Waals surface area contributed by atoms with Crippen LogP contribution < -0.4 is 11.1 Å². The number of nitrogens with zero attached hydrogens (tertiary/aromatic N) is 1. The Morgan fingerprint density at radius 2 is 2.14 bits per heavy atom. The first-order chi connectivity index (χ1) is 9.97. The molecule has 21 heavy (non-hydrogen) atoms. The molecule has 1 rings (SSSR count). The smallest absolute Gasteiger partial charge is 0.271 e. The van der Waals surface area contributed by atoms with Gasteiger partial charge in [-0.3, -0.25) is 14.9 Å². The Morgan fingerprint density at radius 3 is 2.71 bits per heavy atom. The molecule has 0 heterocycles. The van der Waals surface area contributed by atoms with E-state index in [2.05, 4.69) is 12.2 Å². The molecular formula is C15H23N3O3. The molecule has 0 aliphatic heterocycles. The summed E-state index contributed by atoms with van der Waals surface area (Å²) in [5, 5.41) is 13.5. The van der Waals surface area contributed by atoms with Crippen LogP contribution in [0.2, 0.25) is 0 Å². The maximum absolute atomic E-state index is 12.0. The summed E-state index contributed by atoms with van der Waals surface area (Å²) in [5.41, 5.74) is 6.82. The summed E-state index contributed by atoms with van der Waals surface area (Å²) in [6, 6.07) is 4.46. The third-order valence-corrected chi connectivity index (χ3v) is 3.64. The number of hydrogen-bond donors (Lipinski definition) is 2. The molecular weight excluding hydrogens is 270 g/mol. The van der Waals surface area contributed by atoms with Crippen LogP contribution in [0.1, 0.15) is 38.2 Å². The molecule has 0 saturated heterocycles. The van der Waals surface area contributed by atoms with Crippen LogP contribution >= 0.6 is 0 Å². The van der Waals surface area contributed by atoms with E-state index in [9.17, 15) is 14.9 Å². The van der Waals surface area contributed by atoms with Crippen LogP contribution in [-0.2, 0) is 4.79 Å². The highest BCUT2D eigenvalue weighted by molar-refractivity contribution is 5.91. The van der Waals surface area contributed by atoms with Crippen LogP contribution in [0.4, 0.5) is 11.4 Å². The second kappa shape index (κ2) is 8.36. The van der Waals surface area contributed by atoms with E-state index in [0.29, 0.717) is 24.6 Å². The molecule has 0 aromatic heterocycles. The number of nitrogens with one attached hydrogen (secondary N) is 1. The Kier molecular flexibility index (Phi) is 6.81. The summed E-state index contributed by atoms with van der Waals surface area (Å²) < 4.78 is 0. The monoisotopic (exact) mass is 293 g/mol. The second-order valence-corrected chi connectivity index (χ2v) is 5.19. The van der Waals surface area contributed by atoms with Crippen molar-refractivity contribution in [2.75, 3.05) is 11.9 Å². The van der Waals surface area contributed by atoms with E-state index >= 15 is 0 Å². The van der Waals surface area contributed by atoms with Gasteiger partial charge in [0.05, 0.1) is 10.6 Å². The first kappa shape index (κ1) is 17.1. The number of carbonyl (C=O) groups excluding carboxylic acids is 1. The summed E-state index contributed by atoms with van der Waals surface area (Å²) in [7, 11) is 0. The maximum atomic E-state index is 12.0. The molecule has 1 atom stereocenters. The fourth-order valence-corrected chi connectivity index (χ4v) is 2.19. The number of carbonyl (C=O) groups is 1. The molecule has 116 valence electrons. The third kappa shape index (κ3) is 5.51. The first-order valence-electron chi connectivity index (χ1n) is 7.22. The number of rotatable bonds is 8. The molecule has 0 bridgehead atoms. The van der Waals surface area contributed by atoms with Gasteiger partial charge in [0.1, 0.15) is 0 Å². The Morgan fingerprint density at radius 1 is 1.43 bits per heavy atom. The average Bonchev–Trinajstić information content (AvgIpc) is 2.45. The lowest BCUT2D eigenvalue weighted by Gasteiger charge is -2.13. The van der Waals surface area contributed by atoms with Crippen molar-refractivity contribution >= 4 is 17.3 Å². The van der Waals surface area contributed by atoms with Crippen molar-refractivity contribution in [2.24, 2.45) is 11.7 Å². The van der Waals surface area contributed by atoms with Crippen molar-refractivity contribution in [1.29, 1.82) is 0 Å². The van der Waals surface area contributed by atoms with Crippen LogP contribution in [0.25, 0.3) is 0 Å². The predicted octanol–water partition coefficient (Wildman–Crippen LogP) is 3.00. The molecule has 6 heteroatoms.